The highest BCUT2D eigenvalue weighted by atomic mass is 16.7. The molecule has 0 aromatic carbocycles. The fourth-order valence-corrected chi connectivity index (χ4v) is 7.37. The number of unbranched alkanes of at least 4 members (excludes halogenated alkanes) is 19. The highest BCUT2D eigenvalue weighted by Crippen LogP contribution is 2.23. The predicted octanol–water partition coefficient (Wildman–Crippen LogP) is 6.13. The molecule has 0 aromatic rings. The minimum atomic E-state index is -1.55. The summed E-state index contributed by atoms with van der Waals surface area (Å²) in [6.45, 7) is 5.37. The van der Waals surface area contributed by atoms with E-state index >= 15 is 0 Å². The third kappa shape index (κ3) is 20.4. The van der Waals surface area contributed by atoms with Crippen molar-refractivity contribution >= 4 is 5.91 Å². The van der Waals surface area contributed by atoms with Crippen LogP contribution in [0.4, 0.5) is 0 Å². The lowest BCUT2D eigenvalue weighted by Gasteiger charge is -2.40. The molecule has 296 valence electrons. The smallest absolute Gasteiger partial charge is 0.220 e. The maximum absolute atomic E-state index is 12.9. The van der Waals surface area contributed by atoms with E-state index in [2.05, 4.69) is 17.1 Å². The minimum absolute atomic E-state index is 0.133. The maximum Gasteiger partial charge on any atom is 0.220 e. The van der Waals surface area contributed by atoms with Gasteiger partial charge in [0.15, 0.2) is 6.29 Å². The zero-order chi connectivity index (χ0) is 36.2. The topological polar surface area (TPSA) is 152 Å². The zero-order valence-corrected chi connectivity index (χ0v) is 31.9. The molecule has 7 atom stereocenters. The number of carbonyl (C=O) groups is 1. The molecule has 50 heavy (non-hydrogen) atoms. The summed E-state index contributed by atoms with van der Waals surface area (Å²) in [5.74, 6) is -0.144. The summed E-state index contributed by atoms with van der Waals surface area (Å²) in [5, 5.41) is 54.2. The molecule has 2 saturated heterocycles. The van der Waals surface area contributed by atoms with Crippen molar-refractivity contribution in [2.45, 2.75) is 217 Å². The van der Waals surface area contributed by atoms with E-state index in [4.69, 9.17) is 9.47 Å². The van der Waals surface area contributed by atoms with Crippen LogP contribution >= 0.6 is 0 Å². The monoisotopic (exact) mass is 715 g/mol. The predicted molar refractivity (Wildman–Crippen MR) is 200 cm³/mol. The maximum atomic E-state index is 12.9. The van der Waals surface area contributed by atoms with Crippen LogP contribution in [0.25, 0.3) is 0 Å². The second-order valence-electron chi connectivity index (χ2n) is 15.3. The van der Waals surface area contributed by atoms with E-state index in [1.54, 1.807) is 0 Å². The summed E-state index contributed by atoms with van der Waals surface area (Å²) in [6, 6.07) is -0.711. The molecule has 2 aliphatic heterocycles. The molecule has 0 aromatic heterocycles. The van der Waals surface area contributed by atoms with E-state index in [1.807, 2.05) is 0 Å². The van der Waals surface area contributed by atoms with Crippen molar-refractivity contribution in [3.8, 4) is 0 Å². The van der Waals surface area contributed by atoms with Gasteiger partial charge in [-0.25, -0.2) is 0 Å². The Labute approximate surface area is 305 Å². The van der Waals surface area contributed by atoms with E-state index in [0.29, 0.717) is 12.8 Å². The summed E-state index contributed by atoms with van der Waals surface area (Å²) >= 11 is 0. The van der Waals surface area contributed by atoms with E-state index < -0.39 is 49.5 Å². The van der Waals surface area contributed by atoms with Crippen LogP contribution in [0, 0.1) is 0 Å². The standard InChI is InChI=1S/C40H78N2O8/c1-2-3-4-5-6-7-8-9-10-11-14-17-21-26-34(44)33(32-49-40-39(48)38(47)37(46)35(31-43)50-40)41-36(45)27-22-18-15-12-13-16-19-23-28-42-29-24-20-25-30-42/h33-35,37-40,43-44,46-48H,2-32H2,1H3,(H,41,45)/t33-,34+,35?,37?,38?,39?,40?/m0/s1. The molecule has 5 unspecified atom stereocenters. The average molecular weight is 715 g/mol. The Kier molecular flexibility index (Phi) is 26.8. The van der Waals surface area contributed by atoms with Gasteiger partial charge in [-0.1, -0.05) is 135 Å². The van der Waals surface area contributed by atoms with Crippen molar-refractivity contribution in [2.75, 3.05) is 32.8 Å². The molecule has 0 spiro atoms. The number of hydrogen-bond donors (Lipinski definition) is 6. The lowest BCUT2D eigenvalue weighted by atomic mass is 9.99. The van der Waals surface area contributed by atoms with Gasteiger partial charge in [-0.2, -0.15) is 0 Å². The quantitative estimate of drug-likeness (QED) is 0.0466. The molecular weight excluding hydrogens is 636 g/mol. The van der Waals surface area contributed by atoms with Gasteiger partial charge >= 0.3 is 0 Å². The SMILES string of the molecule is CCCCCCCCCCCCCCC[C@@H](O)[C@H](COC1OC(CO)C(O)C(O)C1O)NC(=O)CCCCCCCCCCN1CCCCC1. The van der Waals surface area contributed by atoms with Gasteiger partial charge in [0.2, 0.25) is 5.91 Å². The Hall–Kier alpha value is -0.850. The van der Waals surface area contributed by atoms with Crippen molar-refractivity contribution in [3.05, 3.63) is 0 Å². The largest absolute Gasteiger partial charge is 0.394 e. The van der Waals surface area contributed by atoms with Gasteiger partial charge in [-0.15, -0.1) is 0 Å². The second-order valence-corrected chi connectivity index (χ2v) is 15.3. The fourth-order valence-electron chi connectivity index (χ4n) is 7.37. The first-order valence-electron chi connectivity index (χ1n) is 21.0. The van der Waals surface area contributed by atoms with Gasteiger partial charge < -0.3 is 45.2 Å². The number of carbonyl (C=O) groups excluding carboxylic acids is 1. The molecule has 0 aliphatic carbocycles. The van der Waals surface area contributed by atoms with Crippen molar-refractivity contribution in [3.63, 3.8) is 0 Å². The summed E-state index contributed by atoms with van der Waals surface area (Å²) in [7, 11) is 0. The van der Waals surface area contributed by atoms with Gasteiger partial charge in [0.25, 0.3) is 0 Å². The van der Waals surface area contributed by atoms with Crippen molar-refractivity contribution in [1.82, 2.24) is 10.2 Å². The molecule has 0 radical (unpaired) electrons. The number of ether oxygens (including phenoxy) is 2. The molecule has 0 saturated carbocycles. The number of aliphatic hydroxyl groups is 5. The van der Waals surface area contributed by atoms with Gasteiger partial charge in [0.1, 0.15) is 24.4 Å². The van der Waals surface area contributed by atoms with Crippen molar-refractivity contribution < 1.29 is 39.8 Å². The normalized spacial score (nSPS) is 24.3. The zero-order valence-electron chi connectivity index (χ0n) is 31.9. The molecule has 2 rings (SSSR count). The van der Waals surface area contributed by atoms with Crippen LogP contribution in [0.15, 0.2) is 0 Å². The number of piperidine rings is 1. The molecule has 10 nitrogen and oxygen atoms in total. The van der Waals surface area contributed by atoms with Gasteiger partial charge in [0, 0.05) is 6.42 Å². The first-order chi connectivity index (χ1) is 24.4. The fraction of sp³-hybridized carbons (Fsp3) is 0.975. The van der Waals surface area contributed by atoms with E-state index in [9.17, 15) is 30.3 Å². The van der Waals surface area contributed by atoms with Crippen molar-refractivity contribution in [1.29, 1.82) is 0 Å². The Bertz CT molecular complexity index is 799. The number of nitrogens with one attached hydrogen (secondary N) is 1. The Morgan fingerprint density at radius 3 is 1.80 bits per heavy atom. The first kappa shape index (κ1) is 45.3. The average Bonchev–Trinajstić information content (AvgIpc) is 3.12. The van der Waals surface area contributed by atoms with Crippen molar-refractivity contribution in [2.24, 2.45) is 0 Å². The van der Waals surface area contributed by atoms with Crippen LogP contribution in [0.3, 0.4) is 0 Å². The summed E-state index contributed by atoms with van der Waals surface area (Å²) in [6.07, 6.45) is 22.5. The van der Waals surface area contributed by atoms with Gasteiger partial charge in [0.05, 0.1) is 25.4 Å². The van der Waals surface area contributed by atoms with E-state index in [0.717, 1.165) is 38.5 Å². The summed E-state index contributed by atoms with van der Waals surface area (Å²) < 4.78 is 11.2. The molecule has 1 amide bonds. The Morgan fingerprint density at radius 2 is 1.24 bits per heavy atom. The van der Waals surface area contributed by atoms with Crippen LogP contribution < -0.4 is 5.32 Å². The van der Waals surface area contributed by atoms with E-state index in [1.165, 1.54) is 135 Å². The molecule has 0 bridgehead atoms. The summed E-state index contributed by atoms with van der Waals surface area (Å²) in [5.41, 5.74) is 0. The van der Waals surface area contributed by atoms with Gasteiger partial charge in [-0.05, 0) is 51.7 Å². The summed E-state index contributed by atoms with van der Waals surface area (Å²) in [4.78, 5) is 15.5. The molecular formula is C40H78N2O8. The minimum Gasteiger partial charge on any atom is -0.394 e. The van der Waals surface area contributed by atoms with Crippen LogP contribution in [0.2, 0.25) is 0 Å². The number of likely N-dealkylation sites (tertiary alicyclic amines) is 1. The first-order valence-corrected chi connectivity index (χ1v) is 21.0. The number of rotatable bonds is 31. The van der Waals surface area contributed by atoms with Gasteiger partial charge in [-0.3, -0.25) is 4.79 Å². The number of hydrogen-bond acceptors (Lipinski definition) is 9. The Morgan fingerprint density at radius 1 is 0.720 bits per heavy atom. The highest BCUT2D eigenvalue weighted by Gasteiger charge is 2.44. The molecule has 2 heterocycles. The van der Waals surface area contributed by atoms with Crippen LogP contribution in [0.5, 0.6) is 0 Å². The van der Waals surface area contributed by atoms with E-state index in [-0.39, 0.29) is 12.5 Å². The molecule has 2 aliphatic rings. The number of aliphatic hydroxyl groups excluding tert-OH is 5. The molecule has 6 N–H and O–H groups in total. The molecule has 10 heteroatoms. The second kappa shape index (κ2) is 29.6. The number of nitrogens with zero attached hydrogens (tertiary/aromatic N) is 1. The Balaban J connectivity index is 1.66. The number of amides is 1. The van der Waals surface area contributed by atoms with Crippen LogP contribution in [0.1, 0.15) is 174 Å². The lowest BCUT2D eigenvalue weighted by Crippen LogP contribution is -2.60. The van der Waals surface area contributed by atoms with Crippen LogP contribution in [-0.4, -0.2) is 112 Å². The van der Waals surface area contributed by atoms with Crippen LogP contribution in [-0.2, 0) is 14.3 Å². The third-order valence-electron chi connectivity index (χ3n) is 10.8. The third-order valence-corrected chi connectivity index (χ3v) is 10.8. The lowest BCUT2D eigenvalue weighted by molar-refractivity contribution is -0.302. The molecule has 2 fully saturated rings. The highest BCUT2D eigenvalue weighted by molar-refractivity contribution is 5.76.